The molecular weight excluding hydrogens is 649 g/mol. The van der Waals surface area contributed by atoms with Gasteiger partial charge in [-0.15, -0.1) is 0 Å². The van der Waals surface area contributed by atoms with Crippen LogP contribution < -0.4 is 14.5 Å². The van der Waals surface area contributed by atoms with Crippen LogP contribution in [0, 0.1) is 0 Å². The second-order valence-corrected chi connectivity index (χ2v) is 17.5. The van der Waals surface area contributed by atoms with Crippen molar-refractivity contribution in [3.05, 3.63) is 144 Å². The van der Waals surface area contributed by atoms with Gasteiger partial charge in [0.15, 0.2) is 0 Å². The van der Waals surface area contributed by atoms with E-state index in [4.69, 9.17) is 9.72 Å². The lowest BCUT2D eigenvalue weighted by Gasteiger charge is -2.31. The van der Waals surface area contributed by atoms with Crippen LogP contribution in [-0.2, 0) is 16.2 Å². The summed E-state index contributed by atoms with van der Waals surface area (Å²) in [4.78, 5) is 9.74. The molecule has 0 saturated carbocycles. The lowest BCUT2D eigenvalue weighted by atomic mass is 9.81. The highest BCUT2D eigenvalue weighted by Crippen LogP contribution is 2.48. The van der Waals surface area contributed by atoms with Crippen molar-refractivity contribution in [2.24, 2.45) is 0 Å². The summed E-state index contributed by atoms with van der Waals surface area (Å²) in [5, 5.41) is 2.36. The first kappa shape index (κ1) is 34.5. The minimum absolute atomic E-state index is 0.00790. The van der Waals surface area contributed by atoms with Crippen LogP contribution >= 0.6 is 0 Å². The quantitative estimate of drug-likeness (QED) is 0.179. The largest absolute Gasteiger partial charge is 0.457 e. The summed E-state index contributed by atoms with van der Waals surface area (Å²) >= 11 is 0. The number of fused-ring (bicyclic) bond motifs is 4. The minimum atomic E-state index is -0.0138. The predicted octanol–water partition coefficient (Wildman–Crippen LogP) is 13.1. The van der Waals surface area contributed by atoms with E-state index in [0.29, 0.717) is 6.67 Å². The fourth-order valence-corrected chi connectivity index (χ4v) is 7.62. The standard InChI is InChI=1S/C48H50N4O/c1-46(2,3)32-21-24-39(48(7,8)9)44(27-32)51-31-50(41-19-12-13-20-42(41)51)34-15-14-16-35(29-34)53-36-22-23-38-37-17-10-11-18-40(37)52(43(38)30-36)45-28-33(25-26-49-45)47(4,5)6/h10-30H,31H2,1-9H3. The molecule has 2 aromatic heterocycles. The number of hydrogen-bond acceptors (Lipinski definition) is 4. The molecule has 0 bridgehead atoms. The molecule has 0 N–H and O–H groups in total. The van der Waals surface area contributed by atoms with Gasteiger partial charge in [-0.25, -0.2) is 4.98 Å². The summed E-state index contributed by atoms with van der Waals surface area (Å²) in [6, 6.07) is 43.5. The van der Waals surface area contributed by atoms with Gasteiger partial charge in [-0.1, -0.05) is 111 Å². The highest BCUT2D eigenvalue weighted by molar-refractivity contribution is 6.09. The molecular formula is C48H50N4O. The normalized spacial score (nSPS) is 13.6. The average molecular weight is 699 g/mol. The molecule has 0 fully saturated rings. The van der Waals surface area contributed by atoms with Crippen molar-refractivity contribution in [3.8, 4) is 17.3 Å². The van der Waals surface area contributed by atoms with Crippen LogP contribution in [0.1, 0.15) is 79.0 Å². The number of ether oxygens (including phenoxy) is 1. The Morgan fingerprint density at radius 3 is 1.91 bits per heavy atom. The molecule has 0 amide bonds. The molecule has 0 unspecified atom stereocenters. The molecule has 5 aromatic carbocycles. The van der Waals surface area contributed by atoms with Gasteiger partial charge < -0.3 is 14.5 Å². The van der Waals surface area contributed by atoms with Gasteiger partial charge >= 0.3 is 0 Å². The zero-order chi connectivity index (χ0) is 37.3. The van der Waals surface area contributed by atoms with Crippen molar-refractivity contribution in [2.75, 3.05) is 16.5 Å². The molecule has 7 aromatic rings. The third kappa shape index (κ3) is 6.33. The van der Waals surface area contributed by atoms with Gasteiger partial charge in [-0.2, -0.15) is 0 Å². The van der Waals surface area contributed by atoms with Crippen molar-refractivity contribution >= 4 is 44.6 Å². The van der Waals surface area contributed by atoms with Crippen molar-refractivity contribution < 1.29 is 4.74 Å². The Balaban J connectivity index is 1.16. The maximum Gasteiger partial charge on any atom is 0.137 e. The van der Waals surface area contributed by atoms with Crippen LogP contribution in [0.15, 0.2) is 128 Å². The van der Waals surface area contributed by atoms with Crippen molar-refractivity contribution in [2.45, 2.75) is 78.6 Å². The van der Waals surface area contributed by atoms with E-state index < -0.39 is 0 Å². The molecule has 8 rings (SSSR count). The van der Waals surface area contributed by atoms with E-state index in [2.05, 4.69) is 192 Å². The molecule has 3 heterocycles. The van der Waals surface area contributed by atoms with Crippen molar-refractivity contribution in [1.82, 2.24) is 9.55 Å². The van der Waals surface area contributed by atoms with Crippen molar-refractivity contribution in [3.63, 3.8) is 0 Å². The first-order chi connectivity index (χ1) is 25.2. The van der Waals surface area contributed by atoms with E-state index in [0.717, 1.165) is 34.0 Å². The molecule has 0 atom stereocenters. The third-order valence-corrected chi connectivity index (χ3v) is 10.6. The fraction of sp³-hybridized carbons (Fsp3) is 0.271. The number of rotatable bonds is 5. The highest BCUT2D eigenvalue weighted by atomic mass is 16.5. The molecule has 5 heteroatoms. The second kappa shape index (κ2) is 12.5. The van der Waals surface area contributed by atoms with E-state index in [1.165, 1.54) is 44.5 Å². The smallest absolute Gasteiger partial charge is 0.137 e. The summed E-state index contributed by atoms with van der Waals surface area (Å²) in [5.41, 5.74) is 10.9. The van der Waals surface area contributed by atoms with Crippen LogP contribution in [0.4, 0.5) is 22.7 Å². The number of benzene rings is 5. The SMILES string of the molecule is CC(C)(C)c1ccnc(-n2c3ccccc3c3ccc(Oc4cccc(N5CN(c6cc(C(C)(C)C)ccc6C(C)(C)C)c6ccccc65)c4)cc32)c1. The van der Waals surface area contributed by atoms with Gasteiger partial charge in [-0.05, 0) is 93.6 Å². The molecule has 0 saturated heterocycles. The van der Waals surface area contributed by atoms with E-state index >= 15 is 0 Å². The average Bonchev–Trinajstić information content (AvgIpc) is 3.66. The Kier molecular flexibility index (Phi) is 8.17. The Morgan fingerprint density at radius 1 is 0.509 bits per heavy atom. The predicted molar refractivity (Wildman–Crippen MR) is 223 cm³/mol. The minimum Gasteiger partial charge on any atom is -0.457 e. The Morgan fingerprint density at radius 2 is 1.17 bits per heavy atom. The number of anilines is 4. The Bertz CT molecular complexity index is 2490. The molecule has 53 heavy (non-hydrogen) atoms. The van der Waals surface area contributed by atoms with E-state index in [1.807, 2.05) is 12.3 Å². The molecule has 0 spiro atoms. The van der Waals surface area contributed by atoms with Gasteiger partial charge in [0.1, 0.15) is 24.0 Å². The number of nitrogens with zero attached hydrogens (tertiary/aromatic N) is 4. The summed E-state index contributed by atoms with van der Waals surface area (Å²) < 4.78 is 8.96. The topological polar surface area (TPSA) is 33.5 Å². The second-order valence-electron chi connectivity index (χ2n) is 17.5. The lowest BCUT2D eigenvalue weighted by molar-refractivity contribution is 0.483. The highest BCUT2D eigenvalue weighted by Gasteiger charge is 2.32. The van der Waals surface area contributed by atoms with Gasteiger partial charge in [0, 0.05) is 40.5 Å². The zero-order valence-corrected chi connectivity index (χ0v) is 32.5. The summed E-state index contributed by atoms with van der Waals surface area (Å²) in [6.07, 6.45) is 1.92. The number of pyridine rings is 1. The molecule has 5 nitrogen and oxygen atoms in total. The van der Waals surface area contributed by atoms with Gasteiger partial charge in [0.2, 0.25) is 0 Å². The number of para-hydroxylation sites is 3. The van der Waals surface area contributed by atoms with Gasteiger partial charge in [0.25, 0.3) is 0 Å². The maximum atomic E-state index is 6.69. The number of hydrogen-bond donors (Lipinski definition) is 0. The Hall–Kier alpha value is -5.55. The maximum absolute atomic E-state index is 6.69. The molecule has 0 aliphatic carbocycles. The van der Waals surface area contributed by atoms with Crippen LogP contribution in [-0.4, -0.2) is 16.2 Å². The van der Waals surface area contributed by atoms with Gasteiger partial charge in [-0.3, -0.25) is 4.57 Å². The van der Waals surface area contributed by atoms with Crippen LogP contribution in [0.25, 0.3) is 27.6 Å². The molecule has 1 aliphatic heterocycles. The fourth-order valence-electron chi connectivity index (χ4n) is 7.62. The monoisotopic (exact) mass is 698 g/mol. The Labute approximate surface area is 314 Å². The third-order valence-electron chi connectivity index (χ3n) is 10.6. The zero-order valence-electron chi connectivity index (χ0n) is 32.5. The number of aromatic nitrogens is 2. The summed E-state index contributed by atoms with van der Waals surface area (Å²) in [5.74, 6) is 2.48. The van der Waals surface area contributed by atoms with Crippen LogP contribution in [0.2, 0.25) is 0 Å². The molecule has 1 aliphatic rings. The van der Waals surface area contributed by atoms with E-state index in [9.17, 15) is 0 Å². The van der Waals surface area contributed by atoms with E-state index in [1.54, 1.807) is 0 Å². The summed E-state index contributed by atoms with van der Waals surface area (Å²) in [6.45, 7) is 21.2. The molecule has 268 valence electrons. The van der Waals surface area contributed by atoms with Crippen LogP contribution in [0.5, 0.6) is 11.5 Å². The molecule has 0 radical (unpaired) electrons. The van der Waals surface area contributed by atoms with Crippen molar-refractivity contribution in [1.29, 1.82) is 0 Å². The van der Waals surface area contributed by atoms with Gasteiger partial charge in [0.05, 0.1) is 22.4 Å². The summed E-state index contributed by atoms with van der Waals surface area (Å²) in [7, 11) is 0. The first-order valence-electron chi connectivity index (χ1n) is 18.7. The van der Waals surface area contributed by atoms with Crippen LogP contribution in [0.3, 0.4) is 0 Å². The first-order valence-corrected chi connectivity index (χ1v) is 18.7. The lowest BCUT2D eigenvalue weighted by Crippen LogP contribution is -2.27. The van der Waals surface area contributed by atoms with E-state index in [-0.39, 0.29) is 16.2 Å².